The Balaban J connectivity index is 1.79. The van der Waals surface area contributed by atoms with Crippen LogP contribution < -0.4 is 5.32 Å². The first-order chi connectivity index (χ1) is 12.1. The molecule has 0 spiro atoms. The summed E-state index contributed by atoms with van der Waals surface area (Å²) in [5, 5.41) is 6.73. The number of carbonyl (C=O) groups is 1. The van der Waals surface area contributed by atoms with Crippen molar-refractivity contribution in [1.82, 2.24) is 24.9 Å². The standard InChI is InChI=1S/C17H25N5O3/c1-18-17(23)14-8-7-12(21(14)2)13-6-4-5-9-22(13)10-15-19-16(11-24-3)25-20-15/h7-8,13H,4-6,9-11H2,1-3H3,(H,18,23)/t13-/m0/s1. The molecule has 1 atom stereocenters. The van der Waals surface area contributed by atoms with Crippen LogP contribution in [0.2, 0.25) is 0 Å². The van der Waals surface area contributed by atoms with Crippen molar-refractivity contribution in [2.24, 2.45) is 7.05 Å². The summed E-state index contributed by atoms with van der Waals surface area (Å²) in [6.45, 7) is 1.92. The fourth-order valence-electron chi connectivity index (χ4n) is 3.45. The van der Waals surface area contributed by atoms with Gasteiger partial charge in [-0.15, -0.1) is 0 Å². The normalized spacial score (nSPS) is 18.4. The van der Waals surface area contributed by atoms with Crippen LogP contribution in [0.25, 0.3) is 0 Å². The monoisotopic (exact) mass is 347 g/mol. The minimum atomic E-state index is -0.0708. The predicted octanol–water partition coefficient (Wildman–Crippen LogP) is 1.64. The van der Waals surface area contributed by atoms with E-state index in [0.29, 0.717) is 30.6 Å². The molecule has 0 aromatic carbocycles. The number of amides is 1. The molecule has 0 aliphatic carbocycles. The van der Waals surface area contributed by atoms with E-state index in [4.69, 9.17) is 9.26 Å². The van der Waals surface area contributed by atoms with Crippen LogP contribution in [0.3, 0.4) is 0 Å². The molecule has 3 rings (SSSR count). The summed E-state index contributed by atoms with van der Waals surface area (Å²) in [6.07, 6.45) is 3.36. The average Bonchev–Trinajstić information content (AvgIpc) is 3.22. The first kappa shape index (κ1) is 17.6. The van der Waals surface area contributed by atoms with Gasteiger partial charge in [0.2, 0.25) is 0 Å². The number of ether oxygens (including phenoxy) is 1. The van der Waals surface area contributed by atoms with Gasteiger partial charge in [0.15, 0.2) is 5.82 Å². The summed E-state index contributed by atoms with van der Waals surface area (Å²) in [5.74, 6) is 1.09. The molecule has 136 valence electrons. The maximum absolute atomic E-state index is 12.0. The Morgan fingerprint density at radius 1 is 1.44 bits per heavy atom. The quantitative estimate of drug-likeness (QED) is 0.855. The molecule has 8 heteroatoms. The highest BCUT2D eigenvalue weighted by Gasteiger charge is 2.28. The third-order valence-corrected chi connectivity index (χ3v) is 4.70. The number of rotatable bonds is 6. The van der Waals surface area contributed by atoms with Crippen molar-refractivity contribution < 1.29 is 14.1 Å². The van der Waals surface area contributed by atoms with Gasteiger partial charge in [-0.05, 0) is 31.5 Å². The zero-order valence-corrected chi connectivity index (χ0v) is 15.0. The van der Waals surface area contributed by atoms with E-state index < -0.39 is 0 Å². The lowest BCUT2D eigenvalue weighted by Gasteiger charge is -2.35. The number of carbonyl (C=O) groups excluding carboxylic acids is 1. The fourth-order valence-corrected chi connectivity index (χ4v) is 3.45. The van der Waals surface area contributed by atoms with E-state index in [1.54, 1.807) is 14.2 Å². The van der Waals surface area contributed by atoms with Crippen molar-refractivity contribution in [3.8, 4) is 0 Å². The first-order valence-electron chi connectivity index (χ1n) is 8.56. The molecule has 0 saturated carbocycles. The lowest BCUT2D eigenvalue weighted by Crippen LogP contribution is -2.34. The van der Waals surface area contributed by atoms with Crippen LogP contribution in [0.1, 0.15) is 53.2 Å². The molecular formula is C17H25N5O3. The van der Waals surface area contributed by atoms with Crippen LogP contribution in [0.4, 0.5) is 0 Å². The largest absolute Gasteiger partial charge is 0.375 e. The molecule has 2 aromatic heterocycles. The molecule has 1 aliphatic heterocycles. The fraction of sp³-hybridized carbons (Fsp3) is 0.588. The number of nitrogens with zero attached hydrogens (tertiary/aromatic N) is 4. The Morgan fingerprint density at radius 3 is 3.04 bits per heavy atom. The molecule has 0 unspecified atom stereocenters. The van der Waals surface area contributed by atoms with E-state index in [1.807, 2.05) is 23.7 Å². The molecule has 2 aromatic rings. The van der Waals surface area contributed by atoms with E-state index in [9.17, 15) is 4.79 Å². The minimum absolute atomic E-state index is 0.0708. The van der Waals surface area contributed by atoms with Gasteiger partial charge in [-0.1, -0.05) is 11.6 Å². The Bertz CT molecular complexity index is 724. The minimum Gasteiger partial charge on any atom is -0.375 e. The molecule has 0 bridgehead atoms. The molecule has 1 N–H and O–H groups in total. The summed E-state index contributed by atoms with van der Waals surface area (Å²) >= 11 is 0. The highest BCUT2D eigenvalue weighted by atomic mass is 16.5. The van der Waals surface area contributed by atoms with Crippen molar-refractivity contribution in [3.63, 3.8) is 0 Å². The van der Waals surface area contributed by atoms with Crippen LogP contribution in [0, 0.1) is 0 Å². The highest BCUT2D eigenvalue weighted by molar-refractivity contribution is 5.92. The maximum atomic E-state index is 12.0. The number of nitrogens with one attached hydrogen (secondary N) is 1. The van der Waals surface area contributed by atoms with E-state index >= 15 is 0 Å². The Labute approximate surface area is 147 Å². The molecular weight excluding hydrogens is 322 g/mol. The third kappa shape index (κ3) is 3.74. The summed E-state index contributed by atoms with van der Waals surface area (Å²) in [6, 6.07) is 4.16. The van der Waals surface area contributed by atoms with E-state index in [0.717, 1.165) is 25.1 Å². The SMILES string of the molecule is CNC(=O)c1ccc([C@@H]2CCCCN2Cc2noc(COC)n2)n1C. The lowest BCUT2D eigenvalue weighted by atomic mass is 9.99. The molecule has 25 heavy (non-hydrogen) atoms. The summed E-state index contributed by atoms with van der Waals surface area (Å²) in [5.41, 5.74) is 1.81. The van der Waals surface area contributed by atoms with E-state index in [1.165, 1.54) is 6.42 Å². The Kier molecular flexibility index (Phi) is 5.50. The molecule has 1 aliphatic rings. The van der Waals surface area contributed by atoms with Crippen LogP contribution in [0.15, 0.2) is 16.7 Å². The number of hydrogen-bond donors (Lipinski definition) is 1. The van der Waals surface area contributed by atoms with Gasteiger partial charge in [0, 0.05) is 26.9 Å². The van der Waals surface area contributed by atoms with E-state index in [-0.39, 0.29) is 11.9 Å². The Morgan fingerprint density at radius 2 is 2.28 bits per heavy atom. The smallest absolute Gasteiger partial charge is 0.267 e. The van der Waals surface area contributed by atoms with Gasteiger partial charge in [0.25, 0.3) is 11.8 Å². The van der Waals surface area contributed by atoms with Gasteiger partial charge in [-0.25, -0.2) is 0 Å². The average molecular weight is 347 g/mol. The zero-order valence-electron chi connectivity index (χ0n) is 15.0. The van der Waals surface area contributed by atoms with Crippen molar-refractivity contribution in [1.29, 1.82) is 0 Å². The van der Waals surface area contributed by atoms with Gasteiger partial charge < -0.3 is 19.1 Å². The number of hydrogen-bond acceptors (Lipinski definition) is 6. The van der Waals surface area contributed by atoms with Gasteiger partial charge in [-0.2, -0.15) is 4.98 Å². The van der Waals surface area contributed by atoms with E-state index in [2.05, 4.69) is 20.4 Å². The van der Waals surface area contributed by atoms with Gasteiger partial charge >= 0.3 is 0 Å². The van der Waals surface area contributed by atoms with Gasteiger partial charge in [-0.3, -0.25) is 9.69 Å². The summed E-state index contributed by atoms with van der Waals surface area (Å²) in [7, 11) is 5.19. The zero-order chi connectivity index (χ0) is 17.8. The summed E-state index contributed by atoms with van der Waals surface area (Å²) < 4.78 is 12.2. The molecule has 8 nitrogen and oxygen atoms in total. The number of likely N-dealkylation sites (tertiary alicyclic amines) is 1. The number of methoxy groups -OCH3 is 1. The number of piperidine rings is 1. The van der Waals surface area contributed by atoms with Crippen LogP contribution >= 0.6 is 0 Å². The van der Waals surface area contributed by atoms with Crippen molar-refractivity contribution in [2.45, 2.75) is 38.5 Å². The van der Waals surface area contributed by atoms with Crippen molar-refractivity contribution >= 4 is 5.91 Å². The van der Waals surface area contributed by atoms with Crippen molar-refractivity contribution in [3.05, 3.63) is 35.2 Å². The second-order valence-electron chi connectivity index (χ2n) is 6.30. The van der Waals surface area contributed by atoms with Crippen LogP contribution in [-0.4, -0.2) is 46.2 Å². The van der Waals surface area contributed by atoms with Crippen LogP contribution in [0.5, 0.6) is 0 Å². The molecule has 1 amide bonds. The first-order valence-corrected chi connectivity index (χ1v) is 8.56. The van der Waals surface area contributed by atoms with Crippen molar-refractivity contribution in [2.75, 3.05) is 20.7 Å². The third-order valence-electron chi connectivity index (χ3n) is 4.70. The highest BCUT2D eigenvalue weighted by Crippen LogP contribution is 2.32. The topological polar surface area (TPSA) is 85.4 Å². The lowest BCUT2D eigenvalue weighted by molar-refractivity contribution is 0.0952. The molecule has 1 saturated heterocycles. The van der Waals surface area contributed by atoms with Crippen LogP contribution in [-0.2, 0) is 24.9 Å². The molecule has 0 radical (unpaired) electrons. The number of aromatic nitrogens is 3. The maximum Gasteiger partial charge on any atom is 0.267 e. The van der Waals surface area contributed by atoms with Gasteiger partial charge in [0.05, 0.1) is 12.6 Å². The predicted molar refractivity (Wildman–Crippen MR) is 90.8 cm³/mol. The summed E-state index contributed by atoms with van der Waals surface area (Å²) in [4.78, 5) is 18.7. The molecule has 3 heterocycles. The molecule has 1 fully saturated rings. The van der Waals surface area contributed by atoms with Gasteiger partial charge in [0.1, 0.15) is 12.3 Å². The Hall–Kier alpha value is -2.19. The second kappa shape index (κ2) is 7.79. The second-order valence-corrected chi connectivity index (χ2v) is 6.30.